The van der Waals surface area contributed by atoms with Gasteiger partial charge in [0.2, 0.25) is 0 Å². The van der Waals surface area contributed by atoms with Crippen LogP contribution in [0, 0.1) is 0 Å². The zero-order valence-electron chi connectivity index (χ0n) is 11.8. The Balaban J connectivity index is 2.99. The highest BCUT2D eigenvalue weighted by Gasteiger charge is 1.95. The van der Waals surface area contributed by atoms with Gasteiger partial charge >= 0.3 is 0 Å². The molecule has 0 aromatic rings. The minimum Gasteiger partial charge on any atom is -0.242 e. The minimum atomic E-state index is 1.23. The summed E-state index contributed by atoms with van der Waals surface area (Å²) in [5.74, 6) is 0. The second-order valence-corrected chi connectivity index (χ2v) is 4.92. The minimum absolute atomic E-state index is 1.23. The van der Waals surface area contributed by atoms with Crippen LogP contribution in [0.5, 0.6) is 0 Å². The number of unbranched alkanes of at least 4 members (excludes halogenated alkanes) is 9. The molecule has 0 bridgehead atoms. The van der Waals surface area contributed by atoms with E-state index in [0.29, 0.717) is 0 Å². The summed E-state index contributed by atoms with van der Waals surface area (Å²) >= 11 is 0. The van der Waals surface area contributed by atoms with Gasteiger partial charge in [0.05, 0.1) is 0 Å². The van der Waals surface area contributed by atoms with Gasteiger partial charge < -0.3 is 0 Å². The maximum Gasteiger partial charge on any atom is 0.142 e. The Morgan fingerprint density at radius 3 is 1.62 bits per heavy atom. The molecule has 0 N–H and O–H groups in total. The van der Waals surface area contributed by atoms with Gasteiger partial charge in [-0.2, -0.15) is 0 Å². The van der Waals surface area contributed by atoms with E-state index in [9.17, 15) is 0 Å². The smallest absolute Gasteiger partial charge is 0.142 e. The van der Waals surface area contributed by atoms with Crippen molar-refractivity contribution in [1.82, 2.24) is 0 Å². The lowest BCUT2D eigenvalue weighted by molar-refractivity contribution is -0.493. The monoisotopic (exact) mass is 226 g/mol. The standard InChI is InChI=1S/C15H32N/c1-4-6-7-8-9-10-11-12-13-14-15-16(3)5-2/h5H,4,6-15H2,1-3H3/q+1. The molecule has 0 saturated heterocycles. The number of rotatable bonds is 11. The summed E-state index contributed by atoms with van der Waals surface area (Å²) in [6.45, 7) is 5.62. The van der Waals surface area contributed by atoms with Crippen LogP contribution in [0.25, 0.3) is 0 Å². The molecule has 1 nitrogen and oxygen atoms in total. The van der Waals surface area contributed by atoms with Crippen LogP contribution in [0.4, 0.5) is 0 Å². The van der Waals surface area contributed by atoms with Crippen molar-refractivity contribution in [2.45, 2.75) is 78.1 Å². The van der Waals surface area contributed by atoms with Gasteiger partial charge in [0, 0.05) is 13.3 Å². The molecule has 0 aliphatic rings. The largest absolute Gasteiger partial charge is 0.242 e. The number of nitrogens with zero attached hydrogens (tertiary/aromatic N) is 1. The van der Waals surface area contributed by atoms with Crippen molar-refractivity contribution in [3.05, 3.63) is 0 Å². The summed E-state index contributed by atoms with van der Waals surface area (Å²) in [6.07, 6.45) is 16.4. The summed E-state index contributed by atoms with van der Waals surface area (Å²) in [5.41, 5.74) is 0. The topological polar surface area (TPSA) is 3.01 Å². The molecule has 0 rings (SSSR count). The van der Waals surface area contributed by atoms with E-state index in [1.165, 1.54) is 70.8 Å². The molecule has 0 spiro atoms. The first kappa shape index (κ1) is 15.7. The van der Waals surface area contributed by atoms with Crippen molar-refractivity contribution in [3.63, 3.8) is 0 Å². The average Bonchev–Trinajstić information content (AvgIpc) is 2.31. The average molecular weight is 226 g/mol. The highest BCUT2D eigenvalue weighted by molar-refractivity contribution is 5.46. The Labute approximate surface area is 103 Å². The van der Waals surface area contributed by atoms with Crippen molar-refractivity contribution in [2.24, 2.45) is 0 Å². The predicted octanol–water partition coefficient (Wildman–Crippen LogP) is 4.64. The molecule has 0 aliphatic carbocycles. The zero-order chi connectivity index (χ0) is 12.1. The Hall–Kier alpha value is -0.330. The van der Waals surface area contributed by atoms with Crippen LogP contribution < -0.4 is 0 Å². The third-order valence-electron chi connectivity index (χ3n) is 3.31. The lowest BCUT2D eigenvalue weighted by Gasteiger charge is -2.01. The highest BCUT2D eigenvalue weighted by atomic mass is 14.9. The first-order valence-corrected chi connectivity index (χ1v) is 7.31. The van der Waals surface area contributed by atoms with E-state index in [4.69, 9.17) is 0 Å². The molecular formula is C15H32N+. The SMILES string of the molecule is CC=[N+](C)CCCCCCCCCCCC. The van der Waals surface area contributed by atoms with E-state index in [1.54, 1.807) is 0 Å². The summed E-state index contributed by atoms with van der Waals surface area (Å²) in [7, 11) is 2.16. The van der Waals surface area contributed by atoms with E-state index in [-0.39, 0.29) is 0 Å². The van der Waals surface area contributed by atoms with E-state index >= 15 is 0 Å². The molecule has 0 amide bonds. The molecule has 16 heavy (non-hydrogen) atoms. The molecule has 0 aliphatic heterocycles. The zero-order valence-corrected chi connectivity index (χ0v) is 11.8. The van der Waals surface area contributed by atoms with E-state index in [2.05, 4.69) is 31.7 Å². The second kappa shape index (κ2) is 12.7. The number of hydrogen-bond acceptors (Lipinski definition) is 0. The normalized spacial score (nSPS) is 12.1. The van der Waals surface area contributed by atoms with Crippen molar-refractivity contribution in [3.8, 4) is 0 Å². The van der Waals surface area contributed by atoms with Crippen LogP contribution >= 0.6 is 0 Å². The third kappa shape index (κ3) is 11.7. The van der Waals surface area contributed by atoms with Gasteiger partial charge in [-0.3, -0.25) is 0 Å². The van der Waals surface area contributed by atoms with Crippen LogP contribution in [0.3, 0.4) is 0 Å². The summed E-state index contributed by atoms with van der Waals surface area (Å²) in [6, 6.07) is 0. The molecule has 0 atom stereocenters. The van der Waals surface area contributed by atoms with Crippen molar-refractivity contribution in [1.29, 1.82) is 0 Å². The molecule has 0 heterocycles. The fourth-order valence-electron chi connectivity index (χ4n) is 1.98. The van der Waals surface area contributed by atoms with Gasteiger partial charge in [0.1, 0.15) is 19.8 Å². The third-order valence-corrected chi connectivity index (χ3v) is 3.31. The van der Waals surface area contributed by atoms with Crippen molar-refractivity contribution in [2.75, 3.05) is 13.6 Å². The lowest BCUT2D eigenvalue weighted by Crippen LogP contribution is -2.06. The van der Waals surface area contributed by atoms with Crippen LogP contribution in [0.15, 0.2) is 0 Å². The summed E-state index contributed by atoms with van der Waals surface area (Å²) < 4.78 is 2.28. The van der Waals surface area contributed by atoms with E-state index < -0.39 is 0 Å². The van der Waals surface area contributed by atoms with Crippen molar-refractivity contribution < 1.29 is 4.58 Å². The molecule has 0 unspecified atom stereocenters. The molecule has 0 saturated carbocycles. The Morgan fingerprint density at radius 1 is 0.750 bits per heavy atom. The quantitative estimate of drug-likeness (QED) is 0.274. The van der Waals surface area contributed by atoms with Gasteiger partial charge in [-0.1, -0.05) is 58.3 Å². The van der Waals surface area contributed by atoms with Crippen LogP contribution in [0.2, 0.25) is 0 Å². The fraction of sp³-hybridized carbons (Fsp3) is 0.933. The van der Waals surface area contributed by atoms with Gasteiger partial charge in [0.15, 0.2) is 0 Å². The van der Waals surface area contributed by atoms with E-state index in [0.717, 1.165) is 0 Å². The summed E-state index contributed by atoms with van der Waals surface area (Å²) in [5, 5.41) is 0. The van der Waals surface area contributed by atoms with Crippen LogP contribution in [-0.4, -0.2) is 24.4 Å². The Morgan fingerprint density at radius 2 is 1.19 bits per heavy atom. The Kier molecular flexibility index (Phi) is 12.5. The summed E-state index contributed by atoms with van der Waals surface area (Å²) in [4.78, 5) is 0. The van der Waals surface area contributed by atoms with E-state index in [1.807, 2.05) is 0 Å². The molecule has 0 aromatic carbocycles. The van der Waals surface area contributed by atoms with Gasteiger partial charge in [-0.25, -0.2) is 4.58 Å². The Bertz CT molecular complexity index is 161. The molecule has 0 radical (unpaired) electrons. The van der Waals surface area contributed by atoms with Crippen LogP contribution in [0.1, 0.15) is 78.1 Å². The molecular weight excluding hydrogens is 194 g/mol. The van der Waals surface area contributed by atoms with Crippen molar-refractivity contribution >= 4 is 6.21 Å². The van der Waals surface area contributed by atoms with Gasteiger partial charge in [-0.05, 0) is 6.42 Å². The first-order valence-electron chi connectivity index (χ1n) is 7.31. The maximum atomic E-state index is 2.28. The van der Waals surface area contributed by atoms with Gasteiger partial charge in [0.25, 0.3) is 0 Å². The molecule has 0 aromatic heterocycles. The lowest BCUT2D eigenvalue weighted by atomic mass is 10.1. The first-order chi connectivity index (χ1) is 7.81. The second-order valence-electron chi connectivity index (χ2n) is 4.92. The number of hydrogen-bond donors (Lipinski definition) is 0. The molecule has 1 heteroatoms. The predicted molar refractivity (Wildman–Crippen MR) is 74.6 cm³/mol. The maximum absolute atomic E-state index is 2.28. The van der Waals surface area contributed by atoms with Gasteiger partial charge in [-0.15, -0.1) is 0 Å². The highest BCUT2D eigenvalue weighted by Crippen LogP contribution is 2.10. The molecule has 0 fully saturated rings. The molecule has 96 valence electrons. The fourth-order valence-corrected chi connectivity index (χ4v) is 1.98. The van der Waals surface area contributed by atoms with Crippen LogP contribution in [-0.2, 0) is 0 Å².